The van der Waals surface area contributed by atoms with Crippen molar-refractivity contribution in [1.29, 1.82) is 0 Å². The fourth-order valence-electron chi connectivity index (χ4n) is 8.67. The lowest BCUT2D eigenvalue weighted by molar-refractivity contribution is -0.120. The molecule has 2 fully saturated rings. The third-order valence-electron chi connectivity index (χ3n) is 11.3. The van der Waals surface area contributed by atoms with Crippen LogP contribution in [0.25, 0.3) is 33.2 Å². The van der Waals surface area contributed by atoms with Crippen LogP contribution in [0, 0.1) is 17.6 Å². The first-order valence-corrected chi connectivity index (χ1v) is 21.4. The Hall–Kier alpha value is -5.00. The molecule has 0 spiro atoms. The van der Waals surface area contributed by atoms with Crippen LogP contribution in [-0.4, -0.2) is 69.7 Å². The zero-order valence-electron chi connectivity index (χ0n) is 31.6. The predicted molar refractivity (Wildman–Crippen MR) is 209 cm³/mol. The third-order valence-corrected chi connectivity index (χ3v) is 12.5. The third kappa shape index (κ3) is 7.13. The summed E-state index contributed by atoms with van der Waals surface area (Å²) in [6, 6.07) is 8.27. The molecule has 1 aliphatic heterocycles. The van der Waals surface area contributed by atoms with Crippen molar-refractivity contribution in [3.05, 3.63) is 106 Å². The Morgan fingerprint density at radius 2 is 1.80 bits per heavy atom. The SMILES string of the molecule is C=S(C)(=O)Cc1nn(C)c2c(-c3cc(-c4cnn(C5COC5)c4)cnc3[C@@H](CC(=O)Cn3nc(C(F)F)c4c3C(F)(F)[C@@H]3C[C@H]43)Cc3cc(F)cc(F)c3)ccc(Cl)c12. The van der Waals surface area contributed by atoms with Crippen molar-refractivity contribution in [2.24, 2.45) is 13.0 Å². The molecule has 2 aliphatic carbocycles. The van der Waals surface area contributed by atoms with Gasteiger partial charge in [-0.1, -0.05) is 17.7 Å². The van der Waals surface area contributed by atoms with E-state index in [9.17, 15) is 26.6 Å². The first-order chi connectivity index (χ1) is 28.0. The van der Waals surface area contributed by atoms with Crippen molar-refractivity contribution >= 4 is 43.7 Å². The van der Waals surface area contributed by atoms with Gasteiger partial charge in [-0.2, -0.15) is 24.1 Å². The highest BCUT2D eigenvalue weighted by Gasteiger charge is 2.67. The van der Waals surface area contributed by atoms with Crippen LogP contribution in [0.5, 0.6) is 0 Å². The van der Waals surface area contributed by atoms with Crippen LogP contribution in [0.15, 0.2) is 55.0 Å². The first kappa shape index (κ1) is 39.5. The van der Waals surface area contributed by atoms with Crippen molar-refractivity contribution in [2.75, 3.05) is 19.5 Å². The summed E-state index contributed by atoms with van der Waals surface area (Å²) in [6.07, 6.45) is 3.04. The van der Waals surface area contributed by atoms with Crippen LogP contribution in [0.4, 0.5) is 26.3 Å². The van der Waals surface area contributed by atoms with E-state index >= 15 is 8.78 Å². The summed E-state index contributed by atoms with van der Waals surface area (Å²) in [5.41, 5.74) is 2.22. The first-order valence-electron chi connectivity index (χ1n) is 18.8. The van der Waals surface area contributed by atoms with Gasteiger partial charge in [-0.05, 0) is 64.0 Å². The summed E-state index contributed by atoms with van der Waals surface area (Å²) in [4.78, 5) is 19.0. The topological polar surface area (TPSA) is 110 Å². The van der Waals surface area contributed by atoms with Gasteiger partial charge in [0.2, 0.25) is 0 Å². The summed E-state index contributed by atoms with van der Waals surface area (Å²) in [5, 5.41) is 13.9. The molecule has 1 saturated carbocycles. The van der Waals surface area contributed by atoms with Crippen LogP contribution in [0.2, 0.25) is 5.02 Å². The molecule has 4 aromatic heterocycles. The predicted octanol–water partition coefficient (Wildman–Crippen LogP) is 8.18. The molecule has 0 amide bonds. The Kier molecular flexibility index (Phi) is 9.59. The lowest BCUT2D eigenvalue weighted by Crippen LogP contribution is -2.30. The largest absolute Gasteiger partial charge is 0.377 e. The number of aromatic nitrogens is 7. The van der Waals surface area contributed by atoms with Crippen LogP contribution in [0.1, 0.15) is 71.0 Å². The Labute approximate surface area is 339 Å². The normalized spacial score (nSPS) is 19.8. The molecule has 0 radical (unpaired) electrons. The second-order valence-corrected chi connectivity index (χ2v) is 18.9. The quantitative estimate of drug-likeness (QED) is 0.0852. The highest BCUT2D eigenvalue weighted by atomic mass is 35.5. The average Bonchev–Trinajstić information content (AvgIpc) is 3.34. The number of hydrogen-bond acceptors (Lipinski definition) is 7. The van der Waals surface area contributed by atoms with E-state index < -0.39 is 81.4 Å². The van der Waals surface area contributed by atoms with Crippen molar-refractivity contribution in [2.45, 2.75) is 61.8 Å². The fraction of sp³-hybridized carbons (Fsp3) is 0.366. The minimum Gasteiger partial charge on any atom is -0.377 e. The van der Waals surface area contributed by atoms with Gasteiger partial charge in [0.1, 0.15) is 29.6 Å². The van der Waals surface area contributed by atoms with Crippen LogP contribution >= 0.6 is 11.6 Å². The summed E-state index contributed by atoms with van der Waals surface area (Å²) in [5.74, 6) is -4.78. The number of carbonyl (C=O) groups is 1. The van der Waals surface area contributed by atoms with E-state index in [4.69, 9.17) is 21.3 Å². The van der Waals surface area contributed by atoms with E-state index in [0.29, 0.717) is 73.5 Å². The van der Waals surface area contributed by atoms with Gasteiger partial charge >= 0.3 is 0 Å². The zero-order chi connectivity index (χ0) is 41.7. The fourth-order valence-corrected chi connectivity index (χ4v) is 9.71. The number of hydrogen-bond donors (Lipinski definition) is 0. The number of alkyl halides is 4. The molecule has 0 N–H and O–H groups in total. The number of benzene rings is 2. The summed E-state index contributed by atoms with van der Waals surface area (Å²) < 4.78 is 111. The van der Waals surface area contributed by atoms with E-state index in [2.05, 4.69) is 21.2 Å². The van der Waals surface area contributed by atoms with Gasteiger partial charge in [0.05, 0.1) is 53.1 Å². The number of halogens is 7. The maximum atomic E-state index is 15.5. The van der Waals surface area contributed by atoms with Crippen molar-refractivity contribution in [3.8, 4) is 22.3 Å². The highest BCUT2D eigenvalue weighted by molar-refractivity contribution is 7.98. The Balaban J connectivity index is 1.19. The number of pyridine rings is 1. The summed E-state index contributed by atoms with van der Waals surface area (Å²) in [7, 11) is -0.877. The Morgan fingerprint density at radius 1 is 1.05 bits per heavy atom. The molecular weight excluding hydrogens is 820 g/mol. The molecule has 6 aromatic rings. The number of nitrogens with zero attached hydrogens (tertiary/aromatic N) is 7. The van der Waals surface area contributed by atoms with E-state index in [1.807, 2.05) is 12.3 Å². The smallest absolute Gasteiger partial charge is 0.293 e. The van der Waals surface area contributed by atoms with Gasteiger partial charge in [-0.15, -0.1) is 0 Å². The number of ketones is 1. The standard InChI is InChI=1S/C41H36ClF6N7O3S/c1-53-38-28(4-5-32(42)35(38)33(51-53)19-59(2,3)57)29-10-22(23-14-50-54(15-23)26-17-58-18-26)13-49-36(29)21(6-20-7-24(43)11-25(44)8-20)9-27(56)16-55-39-34(37(52-55)40(45)46)30-12-31(30)41(39,47)48/h4-5,7-8,10-11,13-15,21,26,30-31,40H,2,6,9,12,16-19H2,1,3H3/t21-,30+,31-,59?/m1/s1. The molecule has 10 nitrogen and oxygen atoms in total. The molecule has 59 heavy (non-hydrogen) atoms. The number of aryl methyl sites for hydroxylation is 1. The van der Waals surface area contributed by atoms with Gasteiger partial charge < -0.3 is 4.74 Å². The van der Waals surface area contributed by atoms with Crippen molar-refractivity contribution in [3.63, 3.8) is 0 Å². The molecule has 308 valence electrons. The molecule has 2 aromatic carbocycles. The van der Waals surface area contributed by atoms with Gasteiger partial charge in [-0.25, -0.2) is 17.6 Å². The van der Waals surface area contributed by atoms with Gasteiger partial charge in [-0.3, -0.25) is 28.0 Å². The second kappa shape index (κ2) is 14.3. The lowest BCUT2D eigenvalue weighted by atomic mass is 9.85. The summed E-state index contributed by atoms with van der Waals surface area (Å²) in [6.45, 7) is 0.270. The van der Waals surface area contributed by atoms with Crippen LogP contribution < -0.4 is 0 Å². The maximum absolute atomic E-state index is 15.5. The van der Waals surface area contributed by atoms with E-state index in [1.54, 1.807) is 40.9 Å². The number of carbonyl (C=O) groups excluding carboxylic acids is 1. The molecule has 0 bridgehead atoms. The molecule has 3 aliphatic rings. The van der Waals surface area contributed by atoms with Gasteiger partial charge in [0.25, 0.3) is 12.3 Å². The molecule has 1 saturated heterocycles. The monoisotopic (exact) mass is 855 g/mol. The number of rotatable bonds is 13. The number of fused-ring (bicyclic) bond motifs is 4. The van der Waals surface area contributed by atoms with E-state index in [1.165, 1.54) is 6.26 Å². The Bertz CT molecular complexity index is 2780. The van der Waals surface area contributed by atoms with Gasteiger partial charge in [0.15, 0.2) is 5.78 Å². The molecule has 5 heterocycles. The number of ether oxygens (including phenoxy) is 1. The molecular formula is C41H36ClF6N7O3S. The molecule has 18 heteroatoms. The van der Waals surface area contributed by atoms with Crippen LogP contribution in [-0.2, 0) is 50.7 Å². The second-order valence-electron chi connectivity index (χ2n) is 15.9. The highest BCUT2D eigenvalue weighted by Crippen LogP contribution is 2.68. The van der Waals surface area contributed by atoms with Crippen molar-refractivity contribution in [1.82, 2.24) is 34.3 Å². The Morgan fingerprint density at radius 3 is 2.47 bits per heavy atom. The molecule has 1 unspecified atom stereocenters. The average molecular weight is 856 g/mol. The van der Waals surface area contributed by atoms with Gasteiger partial charge in [0, 0.05) is 83.2 Å². The van der Waals surface area contributed by atoms with Crippen LogP contribution in [0.3, 0.4) is 0 Å². The lowest BCUT2D eigenvalue weighted by Gasteiger charge is -2.25. The summed E-state index contributed by atoms with van der Waals surface area (Å²) >= 11 is 6.79. The molecule has 4 atom stereocenters. The molecule has 9 rings (SSSR count). The zero-order valence-corrected chi connectivity index (χ0v) is 33.2. The minimum absolute atomic E-state index is 0.0237. The van der Waals surface area contributed by atoms with E-state index in [-0.39, 0.29) is 35.8 Å². The number of Topliss-reactive ketones (excluding diaryl/α,β-unsaturated/α-hetero) is 1. The van der Waals surface area contributed by atoms with Crippen molar-refractivity contribution < 1.29 is 40.1 Å². The minimum atomic E-state index is -3.44. The maximum Gasteiger partial charge on any atom is 0.293 e. The van der Waals surface area contributed by atoms with E-state index in [0.717, 1.165) is 12.1 Å².